The van der Waals surface area contributed by atoms with Gasteiger partial charge in [0.1, 0.15) is 0 Å². The first-order valence-corrected chi connectivity index (χ1v) is 6.69. The number of benzene rings is 1. The summed E-state index contributed by atoms with van der Waals surface area (Å²) < 4.78 is 0.969. The molecular formula is C13H20BrN3O. The highest BCUT2D eigenvalue weighted by Gasteiger charge is 2.12. The molecule has 0 aromatic heterocycles. The van der Waals surface area contributed by atoms with Gasteiger partial charge in [-0.05, 0) is 24.2 Å². The van der Waals surface area contributed by atoms with Crippen LogP contribution in [0, 0.1) is 0 Å². The summed E-state index contributed by atoms with van der Waals surface area (Å²) in [6, 6.07) is 5.84. The molecule has 2 N–H and O–H groups in total. The number of nitrogens with two attached hydrogens (primary N) is 1. The molecule has 0 aliphatic carbocycles. The lowest BCUT2D eigenvalue weighted by molar-refractivity contribution is -0.130. The standard InChI is InChI=1S/C13H20BrN3O/c1-4-17(9-13(18)16(2)3)8-10-5-6-11(14)7-12(10)15/h5-7H,4,8-9,15H2,1-3H3. The summed E-state index contributed by atoms with van der Waals surface area (Å²) >= 11 is 3.38. The number of amides is 1. The van der Waals surface area contributed by atoms with Crippen LogP contribution >= 0.6 is 15.9 Å². The van der Waals surface area contributed by atoms with Crippen molar-refractivity contribution in [3.8, 4) is 0 Å². The number of likely N-dealkylation sites (N-methyl/N-ethyl adjacent to an activating group) is 2. The molecule has 100 valence electrons. The fourth-order valence-corrected chi connectivity index (χ4v) is 1.94. The zero-order valence-corrected chi connectivity index (χ0v) is 12.7. The minimum atomic E-state index is 0.104. The minimum Gasteiger partial charge on any atom is -0.398 e. The Bertz CT molecular complexity index is 421. The number of rotatable bonds is 5. The van der Waals surface area contributed by atoms with Gasteiger partial charge in [0.2, 0.25) is 5.91 Å². The van der Waals surface area contributed by atoms with E-state index in [-0.39, 0.29) is 5.91 Å². The van der Waals surface area contributed by atoms with Crippen LogP contribution < -0.4 is 5.73 Å². The Morgan fingerprint density at radius 1 is 1.39 bits per heavy atom. The largest absolute Gasteiger partial charge is 0.398 e. The van der Waals surface area contributed by atoms with Crippen LogP contribution in [0.1, 0.15) is 12.5 Å². The van der Waals surface area contributed by atoms with Crippen molar-refractivity contribution >= 4 is 27.5 Å². The molecule has 0 saturated heterocycles. The number of anilines is 1. The molecular weight excluding hydrogens is 294 g/mol. The molecule has 5 heteroatoms. The third kappa shape index (κ3) is 4.31. The average Bonchev–Trinajstić information content (AvgIpc) is 2.31. The monoisotopic (exact) mass is 313 g/mol. The molecule has 1 aromatic carbocycles. The van der Waals surface area contributed by atoms with Crippen LogP contribution in [0.5, 0.6) is 0 Å². The summed E-state index contributed by atoms with van der Waals surface area (Å²) in [5.74, 6) is 0.104. The predicted octanol–water partition coefficient (Wildman–Crippen LogP) is 1.94. The summed E-state index contributed by atoms with van der Waals surface area (Å²) in [6.07, 6.45) is 0. The van der Waals surface area contributed by atoms with E-state index >= 15 is 0 Å². The molecule has 18 heavy (non-hydrogen) atoms. The van der Waals surface area contributed by atoms with E-state index in [2.05, 4.69) is 20.8 Å². The van der Waals surface area contributed by atoms with Crippen molar-refractivity contribution in [2.45, 2.75) is 13.5 Å². The van der Waals surface area contributed by atoms with E-state index in [0.717, 1.165) is 22.3 Å². The molecule has 0 atom stereocenters. The van der Waals surface area contributed by atoms with Gasteiger partial charge in [0.05, 0.1) is 6.54 Å². The first-order chi connectivity index (χ1) is 8.43. The van der Waals surface area contributed by atoms with Crippen LogP contribution in [-0.4, -0.2) is 42.9 Å². The van der Waals surface area contributed by atoms with Crippen molar-refractivity contribution in [1.29, 1.82) is 0 Å². The van der Waals surface area contributed by atoms with E-state index < -0.39 is 0 Å². The van der Waals surface area contributed by atoms with Crippen molar-refractivity contribution < 1.29 is 4.79 Å². The Balaban J connectivity index is 2.71. The predicted molar refractivity (Wildman–Crippen MR) is 78.2 cm³/mol. The molecule has 0 aliphatic rings. The number of hydrogen-bond donors (Lipinski definition) is 1. The van der Waals surface area contributed by atoms with Crippen LogP contribution in [0.3, 0.4) is 0 Å². The summed E-state index contributed by atoms with van der Waals surface area (Å²) in [5.41, 5.74) is 7.76. The molecule has 4 nitrogen and oxygen atoms in total. The van der Waals surface area contributed by atoms with Crippen LogP contribution in [0.4, 0.5) is 5.69 Å². The topological polar surface area (TPSA) is 49.6 Å². The van der Waals surface area contributed by atoms with Crippen molar-refractivity contribution in [1.82, 2.24) is 9.80 Å². The fraction of sp³-hybridized carbons (Fsp3) is 0.462. The van der Waals surface area contributed by atoms with Crippen molar-refractivity contribution in [2.24, 2.45) is 0 Å². The normalized spacial score (nSPS) is 10.7. The number of carbonyl (C=O) groups excluding carboxylic acids is 1. The fourth-order valence-electron chi connectivity index (χ4n) is 1.56. The van der Waals surface area contributed by atoms with Crippen molar-refractivity contribution in [3.63, 3.8) is 0 Å². The van der Waals surface area contributed by atoms with E-state index in [1.807, 2.05) is 25.1 Å². The molecule has 0 spiro atoms. The summed E-state index contributed by atoms with van der Waals surface area (Å²) in [6.45, 7) is 3.96. The molecule has 1 amide bonds. The molecule has 0 heterocycles. The van der Waals surface area contributed by atoms with Gasteiger partial charge in [-0.2, -0.15) is 0 Å². The zero-order valence-electron chi connectivity index (χ0n) is 11.1. The Kier molecular flexibility index (Phi) is 5.62. The Hall–Kier alpha value is -1.07. The Morgan fingerprint density at radius 3 is 2.56 bits per heavy atom. The van der Waals surface area contributed by atoms with Crippen LogP contribution in [-0.2, 0) is 11.3 Å². The highest BCUT2D eigenvalue weighted by atomic mass is 79.9. The first-order valence-electron chi connectivity index (χ1n) is 5.90. The summed E-state index contributed by atoms with van der Waals surface area (Å²) in [4.78, 5) is 15.4. The molecule has 0 radical (unpaired) electrons. The van der Waals surface area contributed by atoms with Crippen molar-refractivity contribution in [2.75, 3.05) is 32.9 Å². The van der Waals surface area contributed by atoms with Gasteiger partial charge < -0.3 is 10.6 Å². The van der Waals surface area contributed by atoms with Gasteiger partial charge in [-0.15, -0.1) is 0 Å². The van der Waals surface area contributed by atoms with E-state index in [4.69, 9.17) is 5.73 Å². The van der Waals surface area contributed by atoms with Crippen LogP contribution in [0.25, 0.3) is 0 Å². The number of halogens is 1. The van der Waals surface area contributed by atoms with Gasteiger partial charge in [-0.25, -0.2) is 0 Å². The maximum atomic E-state index is 11.7. The first kappa shape index (κ1) is 15.0. The molecule has 0 bridgehead atoms. The SMILES string of the molecule is CCN(CC(=O)N(C)C)Cc1ccc(Br)cc1N. The number of hydrogen-bond acceptors (Lipinski definition) is 3. The van der Waals surface area contributed by atoms with E-state index in [0.29, 0.717) is 13.1 Å². The van der Waals surface area contributed by atoms with Gasteiger partial charge in [-0.3, -0.25) is 9.69 Å². The zero-order chi connectivity index (χ0) is 13.7. The van der Waals surface area contributed by atoms with Gasteiger partial charge in [-0.1, -0.05) is 28.9 Å². The highest BCUT2D eigenvalue weighted by molar-refractivity contribution is 9.10. The highest BCUT2D eigenvalue weighted by Crippen LogP contribution is 2.19. The molecule has 0 fully saturated rings. The third-order valence-electron chi connectivity index (χ3n) is 2.81. The molecule has 1 aromatic rings. The maximum Gasteiger partial charge on any atom is 0.236 e. The Labute approximate surface area is 117 Å². The van der Waals surface area contributed by atoms with Crippen LogP contribution in [0.2, 0.25) is 0 Å². The third-order valence-corrected chi connectivity index (χ3v) is 3.30. The lowest BCUT2D eigenvalue weighted by atomic mass is 10.1. The smallest absolute Gasteiger partial charge is 0.236 e. The molecule has 1 rings (SSSR count). The molecule has 0 unspecified atom stereocenters. The lowest BCUT2D eigenvalue weighted by Crippen LogP contribution is -2.36. The number of carbonyl (C=O) groups is 1. The number of nitrogen functional groups attached to an aromatic ring is 1. The number of nitrogens with zero attached hydrogens (tertiary/aromatic N) is 2. The van der Waals surface area contributed by atoms with E-state index in [1.165, 1.54) is 0 Å². The second-order valence-electron chi connectivity index (χ2n) is 4.43. The molecule has 0 saturated carbocycles. The van der Waals surface area contributed by atoms with Crippen LogP contribution in [0.15, 0.2) is 22.7 Å². The molecule has 0 aliphatic heterocycles. The second-order valence-corrected chi connectivity index (χ2v) is 5.35. The second kappa shape index (κ2) is 6.75. The van der Waals surface area contributed by atoms with E-state index in [9.17, 15) is 4.79 Å². The van der Waals surface area contributed by atoms with E-state index in [1.54, 1.807) is 19.0 Å². The van der Waals surface area contributed by atoms with Gasteiger partial charge in [0, 0.05) is 30.8 Å². The summed E-state index contributed by atoms with van der Waals surface area (Å²) in [7, 11) is 3.54. The minimum absolute atomic E-state index is 0.104. The quantitative estimate of drug-likeness (QED) is 0.845. The average molecular weight is 314 g/mol. The van der Waals surface area contributed by atoms with Gasteiger partial charge >= 0.3 is 0 Å². The van der Waals surface area contributed by atoms with Crippen molar-refractivity contribution in [3.05, 3.63) is 28.2 Å². The maximum absolute atomic E-state index is 11.7. The summed E-state index contributed by atoms with van der Waals surface area (Å²) in [5, 5.41) is 0. The lowest BCUT2D eigenvalue weighted by Gasteiger charge is -2.22. The Morgan fingerprint density at radius 2 is 2.06 bits per heavy atom. The van der Waals surface area contributed by atoms with Gasteiger partial charge in [0.25, 0.3) is 0 Å². The van der Waals surface area contributed by atoms with Gasteiger partial charge in [0.15, 0.2) is 0 Å².